The van der Waals surface area contributed by atoms with Crippen LogP contribution in [0.25, 0.3) is 0 Å². The fraction of sp³-hybridized carbons (Fsp3) is 0.875. The topological polar surface area (TPSA) is 69.6 Å². The zero-order chi connectivity index (χ0) is 14.7. The lowest BCUT2D eigenvalue weighted by Gasteiger charge is -2.36. The molecular weight excluding hydrogens is 268 g/mol. The van der Waals surface area contributed by atoms with Crippen LogP contribution in [0.2, 0.25) is 0 Å². The average molecular weight is 292 g/mol. The van der Waals surface area contributed by atoms with E-state index < -0.39 is 12.0 Å². The summed E-state index contributed by atoms with van der Waals surface area (Å²) in [6.07, 6.45) is 5.50. The Morgan fingerprint density at radius 3 is 2.38 bits per heavy atom. The number of rotatable bonds is 2. The van der Waals surface area contributed by atoms with Crippen molar-refractivity contribution in [2.24, 2.45) is 29.6 Å². The quantitative estimate of drug-likeness (QED) is 0.817. The SMILES string of the molecule is CC1CCN(C(=O)NC2C3C4CCC(C4)C23)C(C(=O)O)C1. The minimum Gasteiger partial charge on any atom is -0.480 e. The summed E-state index contributed by atoms with van der Waals surface area (Å²) in [4.78, 5) is 25.4. The molecule has 2 amide bonds. The molecule has 0 spiro atoms. The standard InChI is InChI=1S/C16H24N2O3/c1-8-4-5-18(11(6-8)15(19)20)16(21)17-14-12-9-2-3-10(7-9)13(12)14/h8-14H,2-7H2,1H3,(H,17,21)(H,19,20). The average Bonchev–Trinajstić information content (AvgIpc) is 2.83. The molecule has 0 radical (unpaired) electrons. The third-order valence-electron chi connectivity index (χ3n) is 6.44. The molecule has 4 rings (SSSR count). The molecule has 5 heteroatoms. The molecule has 1 heterocycles. The van der Waals surface area contributed by atoms with Crippen LogP contribution in [0.1, 0.15) is 39.0 Å². The van der Waals surface area contributed by atoms with Crippen LogP contribution in [-0.2, 0) is 4.79 Å². The molecule has 0 aromatic heterocycles. The maximum Gasteiger partial charge on any atom is 0.326 e. The van der Waals surface area contributed by atoms with Crippen molar-refractivity contribution in [3.8, 4) is 0 Å². The number of carboxylic acids is 1. The first-order valence-electron chi connectivity index (χ1n) is 8.36. The zero-order valence-corrected chi connectivity index (χ0v) is 12.5. The van der Waals surface area contributed by atoms with Crippen LogP contribution in [-0.4, -0.2) is 40.6 Å². The number of carboxylic acid groups (broad SMARTS) is 1. The molecule has 1 saturated heterocycles. The predicted octanol–water partition coefficient (Wildman–Crippen LogP) is 1.93. The summed E-state index contributed by atoms with van der Waals surface area (Å²) in [6, 6.07) is -0.463. The van der Waals surface area contributed by atoms with E-state index in [2.05, 4.69) is 12.2 Å². The van der Waals surface area contributed by atoms with Gasteiger partial charge in [-0.05, 0) is 61.7 Å². The fourth-order valence-electron chi connectivity index (χ4n) is 5.36. The minimum absolute atomic E-state index is 0.145. The number of carbonyl (C=O) groups is 2. The van der Waals surface area contributed by atoms with Gasteiger partial charge in [0, 0.05) is 12.6 Å². The molecule has 3 saturated carbocycles. The van der Waals surface area contributed by atoms with Crippen LogP contribution in [0.3, 0.4) is 0 Å². The van der Waals surface area contributed by atoms with Crippen molar-refractivity contribution in [2.75, 3.05) is 6.54 Å². The molecule has 2 bridgehead atoms. The van der Waals surface area contributed by atoms with E-state index in [1.54, 1.807) is 4.90 Å². The predicted molar refractivity (Wildman–Crippen MR) is 76.7 cm³/mol. The molecule has 2 N–H and O–H groups in total. The maximum absolute atomic E-state index is 12.5. The van der Waals surface area contributed by atoms with Gasteiger partial charge in [-0.3, -0.25) is 0 Å². The lowest BCUT2D eigenvalue weighted by molar-refractivity contribution is -0.143. The van der Waals surface area contributed by atoms with Gasteiger partial charge in [0.05, 0.1) is 0 Å². The van der Waals surface area contributed by atoms with Crippen molar-refractivity contribution < 1.29 is 14.7 Å². The Hall–Kier alpha value is -1.26. The van der Waals surface area contributed by atoms with E-state index in [-0.39, 0.29) is 6.03 Å². The maximum atomic E-state index is 12.5. The number of hydrogen-bond donors (Lipinski definition) is 2. The molecule has 4 aliphatic rings. The van der Waals surface area contributed by atoms with Crippen LogP contribution in [0.15, 0.2) is 0 Å². The smallest absolute Gasteiger partial charge is 0.326 e. The van der Waals surface area contributed by atoms with Crippen molar-refractivity contribution in [3.63, 3.8) is 0 Å². The van der Waals surface area contributed by atoms with Crippen LogP contribution in [0.4, 0.5) is 4.79 Å². The second-order valence-electron chi connectivity index (χ2n) is 7.64. The van der Waals surface area contributed by atoms with Crippen molar-refractivity contribution in [1.29, 1.82) is 0 Å². The summed E-state index contributed by atoms with van der Waals surface area (Å²) < 4.78 is 0. The fourth-order valence-corrected chi connectivity index (χ4v) is 5.36. The van der Waals surface area contributed by atoms with E-state index in [1.165, 1.54) is 19.3 Å². The number of fused-ring (bicyclic) bond motifs is 5. The van der Waals surface area contributed by atoms with Gasteiger partial charge in [0.2, 0.25) is 0 Å². The highest BCUT2D eigenvalue weighted by atomic mass is 16.4. The molecule has 21 heavy (non-hydrogen) atoms. The van der Waals surface area contributed by atoms with Crippen molar-refractivity contribution in [3.05, 3.63) is 0 Å². The van der Waals surface area contributed by atoms with Crippen molar-refractivity contribution >= 4 is 12.0 Å². The Morgan fingerprint density at radius 2 is 1.76 bits per heavy atom. The van der Waals surface area contributed by atoms with Crippen LogP contribution >= 0.6 is 0 Å². The molecule has 1 aliphatic heterocycles. The first-order chi connectivity index (χ1) is 10.1. The van der Waals surface area contributed by atoms with Crippen molar-refractivity contribution in [2.45, 2.75) is 51.1 Å². The second kappa shape index (κ2) is 4.62. The van der Waals surface area contributed by atoms with E-state index in [0.29, 0.717) is 36.8 Å². The molecular formula is C16H24N2O3. The molecule has 5 nitrogen and oxygen atoms in total. The zero-order valence-electron chi connectivity index (χ0n) is 12.5. The highest BCUT2D eigenvalue weighted by Gasteiger charge is 2.65. The van der Waals surface area contributed by atoms with Gasteiger partial charge in [0.15, 0.2) is 0 Å². The lowest BCUT2D eigenvalue weighted by Crippen LogP contribution is -2.54. The van der Waals surface area contributed by atoms with Gasteiger partial charge in [-0.25, -0.2) is 9.59 Å². The number of hydrogen-bond acceptors (Lipinski definition) is 2. The normalized spacial score (nSPS) is 47.1. The number of nitrogens with one attached hydrogen (secondary N) is 1. The lowest BCUT2D eigenvalue weighted by atomic mass is 9.93. The molecule has 116 valence electrons. The summed E-state index contributed by atoms with van der Waals surface area (Å²) >= 11 is 0. The van der Waals surface area contributed by atoms with Gasteiger partial charge in [-0.1, -0.05) is 6.92 Å². The van der Waals surface area contributed by atoms with Gasteiger partial charge in [-0.15, -0.1) is 0 Å². The van der Waals surface area contributed by atoms with E-state index >= 15 is 0 Å². The second-order valence-corrected chi connectivity index (χ2v) is 7.64. The summed E-state index contributed by atoms with van der Waals surface area (Å²) in [5.74, 6) is 2.54. The highest BCUT2D eigenvalue weighted by Crippen LogP contribution is 2.65. The van der Waals surface area contributed by atoms with Crippen LogP contribution < -0.4 is 5.32 Å². The first kappa shape index (κ1) is 13.4. The summed E-state index contributed by atoms with van der Waals surface area (Å²) in [6.45, 7) is 2.63. The number of nitrogens with zero attached hydrogens (tertiary/aromatic N) is 1. The van der Waals surface area contributed by atoms with E-state index in [9.17, 15) is 14.7 Å². The molecule has 0 aromatic carbocycles. The molecule has 3 aliphatic carbocycles. The number of likely N-dealkylation sites (tertiary alicyclic amines) is 1. The van der Waals surface area contributed by atoms with Gasteiger partial charge in [-0.2, -0.15) is 0 Å². The number of aliphatic carboxylic acids is 1. The summed E-state index contributed by atoms with van der Waals surface area (Å²) in [5, 5.41) is 12.5. The number of urea groups is 1. The van der Waals surface area contributed by atoms with E-state index in [0.717, 1.165) is 18.3 Å². The van der Waals surface area contributed by atoms with Gasteiger partial charge in [0.25, 0.3) is 0 Å². The highest BCUT2D eigenvalue weighted by molar-refractivity contribution is 5.83. The Balaban J connectivity index is 1.40. The minimum atomic E-state index is -0.868. The van der Waals surface area contributed by atoms with E-state index in [4.69, 9.17) is 0 Å². The number of carbonyl (C=O) groups excluding carboxylic acids is 1. The third-order valence-corrected chi connectivity index (χ3v) is 6.44. The molecule has 4 fully saturated rings. The summed E-state index contributed by atoms with van der Waals surface area (Å²) in [5.41, 5.74) is 0. The Morgan fingerprint density at radius 1 is 1.10 bits per heavy atom. The summed E-state index contributed by atoms with van der Waals surface area (Å²) in [7, 11) is 0. The van der Waals surface area contributed by atoms with Crippen LogP contribution in [0.5, 0.6) is 0 Å². The van der Waals surface area contributed by atoms with Gasteiger partial charge >= 0.3 is 12.0 Å². The molecule has 0 aromatic rings. The largest absolute Gasteiger partial charge is 0.480 e. The third kappa shape index (κ3) is 2.04. The Kier molecular flexibility index (Phi) is 2.95. The van der Waals surface area contributed by atoms with Crippen LogP contribution in [0, 0.1) is 29.6 Å². The van der Waals surface area contributed by atoms with Gasteiger partial charge < -0.3 is 15.3 Å². The molecule has 6 unspecified atom stereocenters. The Bertz CT molecular complexity index is 464. The number of piperidine rings is 1. The van der Waals surface area contributed by atoms with E-state index in [1.807, 2.05) is 0 Å². The van der Waals surface area contributed by atoms with Crippen molar-refractivity contribution in [1.82, 2.24) is 10.2 Å². The van der Waals surface area contributed by atoms with Gasteiger partial charge in [0.1, 0.15) is 6.04 Å². The first-order valence-corrected chi connectivity index (χ1v) is 8.36. The molecule has 6 atom stereocenters. The monoisotopic (exact) mass is 292 g/mol. The number of amides is 2. The Labute approximate surface area is 125 Å².